The van der Waals surface area contributed by atoms with Crippen molar-refractivity contribution in [1.82, 2.24) is 4.57 Å². The first-order valence-electron chi connectivity index (χ1n) is 14.3. The maximum atomic E-state index is 14.6. The van der Waals surface area contributed by atoms with Gasteiger partial charge in [0.25, 0.3) is 11.5 Å². The second kappa shape index (κ2) is 12.0. The van der Waals surface area contributed by atoms with Crippen LogP contribution in [-0.4, -0.2) is 36.8 Å². The van der Waals surface area contributed by atoms with Gasteiger partial charge in [-0.25, -0.2) is 9.79 Å². The largest absolute Gasteiger partial charge is 0.497 e. The molecule has 2 aliphatic heterocycles. The highest BCUT2D eigenvalue weighted by atomic mass is 35.5. The standard InChI is InChI=1S/C34H30ClN3O6S/c1-18(2)44-33(41)27-19(3)36-34-38(29(27)24-16-22(42-4)14-15-26(24)43-5)32(40)30(45-34)28-23-8-6-7-9-25(23)37(31(28)39)17-20-10-12-21(35)13-11-20/h6-16,18,29H,17H2,1-5H3/b30-28-/t29-/m1/s1. The number of anilines is 1. The SMILES string of the molecule is COc1ccc(OC)c([C@@H]2C(C(=O)OC(C)C)=C(C)N=c3s/c(=C4\C(=O)N(Cc5ccc(Cl)cc5)c5ccccc54)c(=O)n32)c1. The van der Waals surface area contributed by atoms with Crippen molar-refractivity contribution in [3.8, 4) is 11.5 Å². The summed E-state index contributed by atoms with van der Waals surface area (Å²) in [4.78, 5) is 49.0. The lowest BCUT2D eigenvalue weighted by Crippen LogP contribution is -2.41. The quantitative estimate of drug-likeness (QED) is 0.269. The summed E-state index contributed by atoms with van der Waals surface area (Å²) in [5.74, 6) is 0.0531. The van der Waals surface area contributed by atoms with E-state index in [9.17, 15) is 14.4 Å². The predicted molar refractivity (Wildman–Crippen MR) is 173 cm³/mol. The molecule has 0 radical (unpaired) electrons. The number of fused-ring (bicyclic) bond motifs is 2. The van der Waals surface area contributed by atoms with Crippen molar-refractivity contribution in [2.45, 2.75) is 39.5 Å². The predicted octanol–water partition coefficient (Wildman–Crippen LogP) is 4.77. The molecule has 1 aromatic heterocycles. The van der Waals surface area contributed by atoms with Crippen molar-refractivity contribution in [2.75, 3.05) is 19.1 Å². The Morgan fingerprint density at radius 3 is 2.44 bits per heavy atom. The lowest BCUT2D eigenvalue weighted by molar-refractivity contribution is -0.143. The summed E-state index contributed by atoms with van der Waals surface area (Å²) in [6.45, 7) is 5.51. The zero-order valence-corrected chi connectivity index (χ0v) is 26.9. The van der Waals surface area contributed by atoms with Crippen molar-refractivity contribution >= 4 is 46.1 Å². The zero-order valence-electron chi connectivity index (χ0n) is 25.3. The van der Waals surface area contributed by atoms with E-state index in [0.29, 0.717) is 50.4 Å². The van der Waals surface area contributed by atoms with E-state index in [1.165, 1.54) is 18.8 Å². The van der Waals surface area contributed by atoms with Crippen LogP contribution in [0, 0.1) is 0 Å². The van der Waals surface area contributed by atoms with Crippen LogP contribution in [0.4, 0.5) is 5.69 Å². The Morgan fingerprint density at radius 2 is 1.76 bits per heavy atom. The maximum absolute atomic E-state index is 14.6. The molecule has 0 spiro atoms. The molecule has 2 aliphatic rings. The highest BCUT2D eigenvalue weighted by Crippen LogP contribution is 2.39. The molecule has 6 rings (SSSR count). The monoisotopic (exact) mass is 643 g/mol. The van der Waals surface area contributed by atoms with Gasteiger partial charge in [-0.1, -0.05) is 53.3 Å². The first-order valence-corrected chi connectivity index (χ1v) is 15.5. The molecule has 0 N–H and O–H groups in total. The first kappa shape index (κ1) is 30.4. The van der Waals surface area contributed by atoms with Crippen molar-refractivity contribution in [1.29, 1.82) is 0 Å². The van der Waals surface area contributed by atoms with E-state index in [0.717, 1.165) is 16.9 Å². The lowest BCUT2D eigenvalue weighted by atomic mass is 9.94. The third-order valence-corrected chi connectivity index (χ3v) is 9.00. The van der Waals surface area contributed by atoms with Crippen LogP contribution in [-0.2, 0) is 20.9 Å². The number of thiazole rings is 1. The van der Waals surface area contributed by atoms with Gasteiger partial charge in [0, 0.05) is 16.1 Å². The second-order valence-corrected chi connectivity index (χ2v) is 12.3. The van der Waals surface area contributed by atoms with Crippen LogP contribution >= 0.6 is 22.9 Å². The molecule has 0 aliphatic carbocycles. The fourth-order valence-corrected chi connectivity index (χ4v) is 6.95. The minimum atomic E-state index is -0.955. The topological polar surface area (TPSA) is 99.4 Å². The molecular formula is C34H30ClN3O6S. The van der Waals surface area contributed by atoms with Crippen molar-refractivity contribution in [2.24, 2.45) is 4.99 Å². The highest BCUT2D eigenvalue weighted by Gasteiger charge is 2.38. The molecule has 11 heteroatoms. The van der Waals surface area contributed by atoms with Crippen LogP contribution in [0.5, 0.6) is 11.5 Å². The van der Waals surface area contributed by atoms with Gasteiger partial charge in [-0.3, -0.25) is 14.2 Å². The van der Waals surface area contributed by atoms with E-state index in [1.54, 1.807) is 56.0 Å². The van der Waals surface area contributed by atoms with Crippen LogP contribution in [0.15, 0.2) is 87.8 Å². The number of aromatic nitrogens is 1. The minimum absolute atomic E-state index is 0.196. The smallest absolute Gasteiger partial charge is 0.338 e. The molecule has 0 bridgehead atoms. The summed E-state index contributed by atoms with van der Waals surface area (Å²) in [6, 6.07) is 18.9. The summed E-state index contributed by atoms with van der Waals surface area (Å²) in [6.07, 6.45) is -0.406. The van der Waals surface area contributed by atoms with E-state index in [-0.39, 0.29) is 21.6 Å². The van der Waals surface area contributed by atoms with E-state index in [1.807, 2.05) is 36.4 Å². The molecular weight excluding hydrogens is 614 g/mol. The van der Waals surface area contributed by atoms with Gasteiger partial charge in [0.2, 0.25) is 0 Å². The summed E-state index contributed by atoms with van der Waals surface area (Å²) in [5, 5.41) is 0.600. The van der Waals surface area contributed by atoms with Crippen molar-refractivity contribution in [3.63, 3.8) is 0 Å². The molecule has 1 amide bonds. The molecule has 3 aromatic carbocycles. The lowest BCUT2D eigenvalue weighted by Gasteiger charge is -2.26. The Labute approximate surface area is 268 Å². The van der Waals surface area contributed by atoms with Crippen LogP contribution in [0.3, 0.4) is 0 Å². The van der Waals surface area contributed by atoms with Crippen LogP contribution in [0.1, 0.15) is 43.5 Å². The number of ether oxygens (including phenoxy) is 3. The first-order chi connectivity index (χ1) is 21.6. The summed E-state index contributed by atoms with van der Waals surface area (Å²) < 4.78 is 18.5. The van der Waals surface area contributed by atoms with Gasteiger partial charge in [-0.2, -0.15) is 0 Å². The Morgan fingerprint density at radius 1 is 1.02 bits per heavy atom. The van der Waals surface area contributed by atoms with Gasteiger partial charge >= 0.3 is 5.97 Å². The third kappa shape index (κ3) is 5.34. The van der Waals surface area contributed by atoms with Gasteiger partial charge in [-0.15, -0.1) is 0 Å². The number of amides is 1. The van der Waals surface area contributed by atoms with Gasteiger partial charge < -0.3 is 19.1 Å². The molecule has 1 atom stereocenters. The number of carbonyl (C=O) groups excluding carboxylic acids is 2. The molecule has 9 nitrogen and oxygen atoms in total. The molecule has 230 valence electrons. The number of carbonyl (C=O) groups is 2. The molecule has 0 unspecified atom stereocenters. The number of halogens is 1. The third-order valence-electron chi connectivity index (χ3n) is 7.70. The van der Waals surface area contributed by atoms with Gasteiger partial charge in [0.15, 0.2) is 4.80 Å². The number of esters is 1. The number of hydrogen-bond donors (Lipinski definition) is 0. The summed E-state index contributed by atoms with van der Waals surface area (Å²) in [7, 11) is 3.05. The Hall–Kier alpha value is -4.67. The van der Waals surface area contributed by atoms with E-state index in [2.05, 4.69) is 0 Å². The molecule has 3 heterocycles. The van der Waals surface area contributed by atoms with Crippen LogP contribution in [0.25, 0.3) is 5.57 Å². The molecule has 0 fully saturated rings. The maximum Gasteiger partial charge on any atom is 0.338 e. The Balaban J connectivity index is 1.60. The van der Waals surface area contributed by atoms with E-state index >= 15 is 0 Å². The number of methoxy groups -OCH3 is 2. The number of para-hydroxylation sites is 1. The molecule has 0 saturated carbocycles. The van der Waals surface area contributed by atoms with Crippen LogP contribution < -0.4 is 29.3 Å². The molecule has 0 saturated heterocycles. The fourth-order valence-electron chi connectivity index (χ4n) is 5.69. The fraction of sp³-hybridized carbons (Fsp3) is 0.235. The van der Waals surface area contributed by atoms with E-state index < -0.39 is 23.7 Å². The second-order valence-electron chi connectivity index (χ2n) is 10.9. The summed E-state index contributed by atoms with van der Waals surface area (Å²) in [5.41, 5.74) is 3.17. The van der Waals surface area contributed by atoms with Crippen molar-refractivity contribution in [3.05, 3.63) is 119 Å². The van der Waals surface area contributed by atoms with Gasteiger partial charge in [0.05, 0.1) is 49.4 Å². The number of rotatable bonds is 7. The van der Waals surface area contributed by atoms with Crippen LogP contribution in [0.2, 0.25) is 5.02 Å². The Kier molecular flexibility index (Phi) is 8.11. The average Bonchev–Trinajstić information content (AvgIpc) is 3.48. The summed E-state index contributed by atoms with van der Waals surface area (Å²) >= 11 is 7.20. The molecule has 4 aromatic rings. The Bertz CT molecular complexity index is 2060. The average molecular weight is 644 g/mol. The van der Waals surface area contributed by atoms with Gasteiger partial charge in [0.1, 0.15) is 22.1 Å². The van der Waals surface area contributed by atoms with E-state index in [4.69, 9.17) is 30.8 Å². The number of hydrogen-bond acceptors (Lipinski definition) is 8. The molecule has 45 heavy (non-hydrogen) atoms. The number of allylic oxidation sites excluding steroid dienone is 1. The van der Waals surface area contributed by atoms with Gasteiger partial charge in [-0.05, 0) is 62.7 Å². The number of nitrogens with zero attached hydrogens (tertiary/aromatic N) is 3. The zero-order chi connectivity index (χ0) is 32.0. The highest BCUT2D eigenvalue weighted by molar-refractivity contribution is 7.07. The minimum Gasteiger partial charge on any atom is -0.497 e. The van der Waals surface area contributed by atoms with Crippen molar-refractivity contribution < 1.29 is 23.8 Å². The number of benzene rings is 3. The normalized spacial score (nSPS) is 16.8.